The van der Waals surface area contributed by atoms with Gasteiger partial charge in [-0.25, -0.2) is 4.98 Å². The summed E-state index contributed by atoms with van der Waals surface area (Å²) >= 11 is 0. The first-order chi connectivity index (χ1) is 10.5. The molecule has 22 heavy (non-hydrogen) atoms. The molecule has 1 aliphatic rings. The van der Waals surface area contributed by atoms with Crippen LogP contribution in [-0.4, -0.2) is 29.8 Å². The largest absolute Gasteiger partial charge is 0.436 e. The van der Waals surface area contributed by atoms with Gasteiger partial charge in [0, 0.05) is 34.8 Å². The van der Waals surface area contributed by atoms with E-state index in [2.05, 4.69) is 73.1 Å². The lowest BCUT2D eigenvalue weighted by atomic mass is 9.80. The number of aromatic nitrogens is 1. The van der Waals surface area contributed by atoms with Gasteiger partial charge in [-0.15, -0.1) is 0 Å². The third kappa shape index (κ3) is 1.96. The first-order valence-corrected chi connectivity index (χ1v) is 7.52. The highest BCUT2D eigenvalue weighted by atomic mass is 16.3. The number of anilines is 1. The van der Waals surface area contributed by atoms with E-state index in [0.717, 1.165) is 28.7 Å². The molecule has 0 saturated heterocycles. The molecule has 1 aromatic carbocycles. The van der Waals surface area contributed by atoms with Gasteiger partial charge in [-0.1, -0.05) is 12.1 Å². The molecule has 0 fully saturated rings. The predicted octanol–water partition coefficient (Wildman–Crippen LogP) is 2.90. The second-order valence-electron chi connectivity index (χ2n) is 6.66. The Balaban J connectivity index is 1.82. The number of hydrogen-bond acceptors (Lipinski definition) is 4. The molecule has 0 spiro atoms. The van der Waals surface area contributed by atoms with Crippen molar-refractivity contribution in [3.63, 3.8) is 0 Å². The van der Waals surface area contributed by atoms with Crippen molar-refractivity contribution in [3.8, 4) is 0 Å². The molecule has 0 N–H and O–H groups in total. The van der Waals surface area contributed by atoms with Crippen molar-refractivity contribution in [1.29, 1.82) is 0 Å². The Labute approximate surface area is 130 Å². The maximum Gasteiger partial charge on any atom is 0.227 e. The van der Waals surface area contributed by atoms with Crippen LogP contribution in [0.15, 0.2) is 53.3 Å². The van der Waals surface area contributed by atoms with E-state index < -0.39 is 0 Å². The summed E-state index contributed by atoms with van der Waals surface area (Å²) in [5.74, 6) is 0. The zero-order chi connectivity index (χ0) is 15.3. The molecular formula is C17H18BN3O. The number of fused-ring (bicyclic) bond motifs is 3. The standard InChI is InChI=1S/C17H18BN3O/c1-17(2,18)21-10-9-20(11-21)14-7-3-5-12-13-6-4-8-19-16(13)22-15(12)14/h3-10H,11,18H2,1-2H3. The van der Waals surface area contributed by atoms with E-state index in [1.165, 1.54) is 0 Å². The van der Waals surface area contributed by atoms with Gasteiger partial charge in [0.25, 0.3) is 0 Å². The van der Waals surface area contributed by atoms with Crippen LogP contribution in [0.1, 0.15) is 13.8 Å². The molecule has 0 saturated carbocycles. The number of pyridine rings is 1. The average molecular weight is 291 g/mol. The van der Waals surface area contributed by atoms with Gasteiger partial charge in [-0.2, -0.15) is 0 Å². The highest BCUT2D eigenvalue weighted by Gasteiger charge is 2.25. The van der Waals surface area contributed by atoms with Gasteiger partial charge >= 0.3 is 0 Å². The number of rotatable bonds is 2. The summed E-state index contributed by atoms with van der Waals surface area (Å²) in [4.78, 5) is 8.86. The molecule has 0 radical (unpaired) electrons. The van der Waals surface area contributed by atoms with Crippen molar-refractivity contribution >= 4 is 35.6 Å². The van der Waals surface area contributed by atoms with Gasteiger partial charge in [0.15, 0.2) is 5.58 Å². The predicted molar refractivity (Wildman–Crippen MR) is 92.5 cm³/mol. The molecule has 110 valence electrons. The molecule has 2 aromatic heterocycles. The summed E-state index contributed by atoms with van der Waals surface area (Å²) in [6, 6.07) is 10.3. The van der Waals surface area contributed by atoms with E-state index in [9.17, 15) is 0 Å². The summed E-state index contributed by atoms with van der Waals surface area (Å²) in [6.07, 6.45) is 6.02. The van der Waals surface area contributed by atoms with Crippen molar-refractivity contribution in [2.45, 2.75) is 19.3 Å². The molecule has 0 aliphatic carbocycles. The van der Waals surface area contributed by atoms with E-state index in [0.29, 0.717) is 5.71 Å². The van der Waals surface area contributed by atoms with Crippen LogP contribution in [0.25, 0.3) is 22.1 Å². The van der Waals surface area contributed by atoms with Crippen LogP contribution in [0.4, 0.5) is 5.69 Å². The van der Waals surface area contributed by atoms with Crippen LogP contribution in [-0.2, 0) is 0 Å². The minimum atomic E-state index is 0.106. The van der Waals surface area contributed by atoms with Gasteiger partial charge in [0.2, 0.25) is 5.71 Å². The van der Waals surface area contributed by atoms with Crippen LogP contribution in [0, 0.1) is 0 Å². The molecule has 3 aromatic rings. The van der Waals surface area contributed by atoms with Crippen LogP contribution in [0.3, 0.4) is 0 Å². The summed E-state index contributed by atoms with van der Waals surface area (Å²) in [7, 11) is 2.21. The number of para-hydroxylation sites is 1. The highest BCUT2D eigenvalue weighted by Crippen LogP contribution is 2.35. The van der Waals surface area contributed by atoms with E-state index in [4.69, 9.17) is 4.42 Å². The van der Waals surface area contributed by atoms with Crippen molar-refractivity contribution in [1.82, 2.24) is 9.88 Å². The first-order valence-electron chi connectivity index (χ1n) is 7.52. The maximum absolute atomic E-state index is 6.01. The van der Waals surface area contributed by atoms with E-state index in [1.54, 1.807) is 6.20 Å². The summed E-state index contributed by atoms with van der Waals surface area (Å²) in [5.41, 5.74) is 2.78. The molecule has 5 heteroatoms. The zero-order valence-corrected chi connectivity index (χ0v) is 13.1. The van der Waals surface area contributed by atoms with Gasteiger partial charge in [0.05, 0.1) is 12.4 Å². The van der Waals surface area contributed by atoms with Crippen molar-refractivity contribution < 1.29 is 4.42 Å². The van der Waals surface area contributed by atoms with E-state index in [-0.39, 0.29) is 5.44 Å². The van der Waals surface area contributed by atoms with Gasteiger partial charge < -0.3 is 14.2 Å². The molecule has 0 atom stereocenters. The fourth-order valence-corrected chi connectivity index (χ4v) is 2.86. The lowest BCUT2D eigenvalue weighted by Gasteiger charge is -2.33. The Morgan fingerprint density at radius 3 is 2.73 bits per heavy atom. The average Bonchev–Trinajstić information content (AvgIpc) is 3.11. The Bertz CT molecular complexity index is 878. The molecule has 4 nitrogen and oxygen atoms in total. The molecule has 1 aliphatic heterocycles. The van der Waals surface area contributed by atoms with Gasteiger partial charge in [-0.3, -0.25) is 0 Å². The second kappa shape index (κ2) is 4.53. The van der Waals surface area contributed by atoms with Crippen LogP contribution < -0.4 is 4.90 Å². The van der Waals surface area contributed by atoms with Gasteiger partial charge in [0.1, 0.15) is 7.85 Å². The zero-order valence-electron chi connectivity index (χ0n) is 13.1. The SMILES string of the molecule is BC(C)(C)N1C=CN(c2cccc3c2oc2ncccc23)C1. The Hall–Kier alpha value is -2.43. The molecule has 0 unspecified atom stereocenters. The fourth-order valence-electron chi connectivity index (χ4n) is 2.86. The fraction of sp³-hybridized carbons (Fsp3) is 0.235. The first kappa shape index (κ1) is 13.3. The topological polar surface area (TPSA) is 32.5 Å². The minimum absolute atomic E-state index is 0.106. The van der Waals surface area contributed by atoms with Crippen molar-refractivity contribution in [2.75, 3.05) is 11.6 Å². The van der Waals surface area contributed by atoms with Crippen LogP contribution in [0.2, 0.25) is 0 Å². The minimum Gasteiger partial charge on any atom is -0.436 e. The van der Waals surface area contributed by atoms with E-state index >= 15 is 0 Å². The highest BCUT2D eigenvalue weighted by molar-refractivity contribution is 6.14. The summed E-state index contributed by atoms with van der Waals surface area (Å²) in [6.45, 7) is 5.26. The van der Waals surface area contributed by atoms with Crippen LogP contribution >= 0.6 is 0 Å². The number of furan rings is 1. The number of nitrogens with zero attached hydrogens (tertiary/aromatic N) is 3. The smallest absolute Gasteiger partial charge is 0.227 e. The van der Waals surface area contributed by atoms with Gasteiger partial charge in [-0.05, 0) is 32.0 Å². The van der Waals surface area contributed by atoms with Crippen molar-refractivity contribution in [3.05, 3.63) is 48.9 Å². The van der Waals surface area contributed by atoms with E-state index in [1.807, 2.05) is 6.07 Å². The Morgan fingerprint density at radius 2 is 1.95 bits per heavy atom. The second-order valence-corrected chi connectivity index (χ2v) is 6.66. The normalized spacial score (nSPS) is 15.4. The lowest BCUT2D eigenvalue weighted by molar-refractivity contribution is 0.293. The molecule has 0 bridgehead atoms. The monoisotopic (exact) mass is 291 g/mol. The van der Waals surface area contributed by atoms with Crippen molar-refractivity contribution in [2.24, 2.45) is 0 Å². The molecule has 3 heterocycles. The quantitative estimate of drug-likeness (QED) is 0.680. The number of benzene rings is 1. The molecule has 0 amide bonds. The molecule has 4 rings (SSSR count). The Kier molecular flexibility index (Phi) is 2.73. The Morgan fingerprint density at radius 1 is 1.14 bits per heavy atom. The number of hydrogen-bond donors (Lipinski definition) is 0. The third-order valence-electron chi connectivity index (χ3n) is 4.16. The van der Waals surface area contributed by atoms with Crippen LogP contribution in [0.5, 0.6) is 0 Å². The summed E-state index contributed by atoms with van der Waals surface area (Å²) in [5, 5.41) is 2.18. The lowest BCUT2D eigenvalue weighted by Crippen LogP contribution is -2.42. The molecular weight excluding hydrogens is 273 g/mol. The third-order valence-corrected chi connectivity index (χ3v) is 4.16. The maximum atomic E-state index is 6.01. The summed E-state index contributed by atoms with van der Waals surface area (Å²) < 4.78 is 6.01.